The Kier molecular flexibility index (Phi) is 4.39. The highest BCUT2D eigenvalue weighted by Gasteiger charge is 2.26. The van der Waals surface area contributed by atoms with Crippen molar-refractivity contribution in [2.45, 2.75) is 58.2 Å². The quantitative estimate of drug-likeness (QED) is 0.683. The summed E-state index contributed by atoms with van der Waals surface area (Å²) in [6.45, 7) is 8.10. The van der Waals surface area contributed by atoms with E-state index >= 15 is 0 Å². The second kappa shape index (κ2) is 5.13. The van der Waals surface area contributed by atoms with Crippen LogP contribution in [0.25, 0.3) is 0 Å². The van der Waals surface area contributed by atoms with Crippen LogP contribution in [0.3, 0.4) is 0 Å². The third-order valence-electron chi connectivity index (χ3n) is 3.89. The minimum atomic E-state index is 0.680. The second-order valence-electron chi connectivity index (χ2n) is 5.11. The summed E-state index contributed by atoms with van der Waals surface area (Å²) >= 11 is 0. The molecule has 0 N–H and O–H groups in total. The summed E-state index contributed by atoms with van der Waals surface area (Å²) in [4.78, 5) is 4.99. The van der Waals surface area contributed by atoms with Crippen LogP contribution < -0.4 is 0 Å². The summed E-state index contributed by atoms with van der Waals surface area (Å²) in [5.41, 5.74) is 0. The van der Waals surface area contributed by atoms with Gasteiger partial charge in [-0.25, -0.2) is 0 Å². The molecule has 84 valence electrons. The smallest absolute Gasteiger partial charge is 0.0108 e. The van der Waals surface area contributed by atoms with Crippen LogP contribution in [0, 0.1) is 0 Å². The third kappa shape index (κ3) is 2.96. The van der Waals surface area contributed by atoms with Gasteiger partial charge in [0.25, 0.3) is 0 Å². The van der Waals surface area contributed by atoms with Gasteiger partial charge in [-0.3, -0.25) is 0 Å². The molecule has 1 rings (SSSR count). The molecule has 2 heteroatoms. The number of hydrogen-bond donors (Lipinski definition) is 0. The fourth-order valence-electron chi connectivity index (χ4n) is 2.16. The predicted molar refractivity (Wildman–Crippen MR) is 62.6 cm³/mol. The van der Waals surface area contributed by atoms with Gasteiger partial charge in [0.1, 0.15) is 0 Å². The molecule has 2 unspecified atom stereocenters. The molecular weight excluding hydrogens is 172 g/mol. The first kappa shape index (κ1) is 12.0. The van der Waals surface area contributed by atoms with Gasteiger partial charge in [-0.1, -0.05) is 0 Å². The summed E-state index contributed by atoms with van der Waals surface area (Å²) in [6.07, 6.45) is 4.10. The van der Waals surface area contributed by atoms with Crippen molar-refractivity contribution in [3.8, 4) is 0 Å². The maximum atomic E-state index is 2.55. The van der Waals surface area contributed by atoms with Gasteiger partial charge in [0.05, 0.1) is 0 Å². The highest BCUT2D eigenvalue weighted by Crippen LogP contribution is 2.24. The molecule has 0 aliphatic carbocycles. The summed E-state index contributed by atoms with van der Waals surface area (Å²) in [5, 5.41) is 0. The van der Waals surface area contributed by atoms with Gasteiger partial charge in [0.15, 0.2) is 0 Å². The molecule has 14 heavy (non-hydrogen) atoms. The lowest BCUT2D eigenvalue weighted by molar-refractivity contribution is 0.202. The van der Waals surface area contributed by atoms with Crippen LogP contribution in [-0.2, 0) is 0 Å². The number of rotatable bonds is 4. The van der Waals surface area contributed by atoms with E-state index in [0.29, 0.717) is 6.04 Å². The molecule has 2 nitrogen and oxygen atoms in total. The molecule has 0 aromatic heterocycles. The molecular formula is C12H26N2. The number of likely N-dealkylation sites (tertiary alicyclic amines) is 1. The Bertz CT molecular complexity index is 168. The van der Waals surface area contributed by atoms with E-state index in [1.807, 2.05) is 0 Å². The highest BCUT2D eigenvalue weighted by molar-refractivity contribution is 4.83. The first-order valence-electron chi connectivity index (χ1n) is 5.94. The number of nitrogens with zero attached hydrogens (tertiary/aromatic N) is 2. The first-order valence-corrected chi connectivity index (χ1v) is 5.94. The molecule has 1 aliphatic rings. The van der Waals surface area contributed by atoms with Crippen molar-refractivity contribution in [1.29, 1.82) is 0 Å². The minimum Gasteiger partial charge on any atom is -0.304 e. The SMILES string of the molecule is CC(C)N(C)CCC1CCC(C)N1C. The van der Waals surface area contributed by atoms with Crippen molar-refractivity contribution in [3.05, 3.63) is 0 Å². The van der Waals surface area contributed by atoms with Crippen molar-refractivity contribution in [3.63, 3.8) is 0 Å². The number of hydrogen-bond acceptors (Lipinski definition) is 2. The lowest BCUT2D eigenvalue weighted by Crippen LogP contribution is -2.35. The van der Waals surface area contributed by atoms with Gasteiger partial charge in [-0.2, -0.15) is 0 Å². The molecule has 0 spiro atoms. The zero-order valence-corrected chi connectivity index (χ0v) is 10.5. The standard InChI is InChI=1S/C12H26N2/c1-10(2)13(4)9-8-12-7-6-11(3)14(12)5/h10-12H,6-9H2,1-5H3. The van der Waals surface area contributed by atoms with Gasteiger partial charge in [-0.15, -0.1) is 0 Å². The van der Waals surface area contributed by atoms with Crippen molar-refractivity contribution >= 4 is 0 Å². The fourth-order valence-corrected chi connectivity index (χ4v) is 2.16. The van der Waals surface area contributed by atoms with E-state index in [4.69, 9.17) is 0 Å². The topological polar surface area (TPSA) is 6.48 Å². The van der Waals surface area contributed by atoms with Crippen molar-refractivity contribution in [1.82, 2.24) is 9.80 Å². The second-order valence-corrected chi connectivity index (χ2v) is 5.11. The van der Waals surface area contributed by atoms with Gasteiger partial charge >= 0.3 is 0 Å². The van der Waals surface area contributed by atoms with E-state index in [1.165, 1.54) is 25.8 Å². The summed E-state index contributed by atoms with van der Waals surface area (Å²) in [6, 6.07) is 2.30. The van der Waals surface area contributed by atoms with Crippen molar-refractivity contribution in [2.24, 2.45) is 0 Å². The first-order chi connectivity index (χ1) is 6.52. The van der Waals surface area contributed by atoms with E-state index in [2.05, 4.69) is 44.7 Å². The van der Waals surface area contributed by atoms with Crippen molar-refractivity contribution in [2.75, 3.05) is 20.6 Å². The van der Waals surface area contributed by atoms with E-state index in [1.54, 1.807) is 0 Å². The normalized spacial score (nSPS) is 29.4. The molecule has 1 fully saturated rings. The van der Waals surface area contributed by atoms with Gasteiger partial charge in [0.2, 0.25) is 0 Å². The summed E-state index contributed by atoms with van der Waals surface area (Å²) in [7, 11) is 4.50. The molecule has 1 saturated heterocycles. The molecule has 0 amide bonds. The van der Waals surface area contributed by atoms with Crippen LogP contribution in [0.1, 0.15) is 40.0 Å². The van der Waals surface area contributed by atoms with Crippen LogP contribution in [-0.4, -0.2) is 48.6 Å². The Morgan fingerprint density at radius 1 is 1.36 bits per heavy atom. The zero-order chi connectivity index (χ0) is 10.7. The maximum absolute atomic E-state index is 2.55. The van der Waals surface area contributed by atoms with E-state index < -0.39 is 0 Å². The monoisotopic (exact) mass is 198 g/mol. The average Bonchev–Trinajstić information content (AvgIpc) is 2.44. The molecule has 1 aliphatic heterocycles. The molecule has 0 aromatic rings. The Labute approximate surface area is 89.3 Å². The van der Waals surface area contributed by atoms with Crippen LogP contribution in [0.5, 0.6) is 0 Å². The Morgan fingerprint density at radius 3 is 2.43 bits per heavy atom. The van der Waals surface area contributed by atoms with Gasteiger partial charge < -0.3 is 9.80 Å². The molecule has 2 atom stereocenters. The van der Waals surface area contributed by atoms with Gasteiger partial charge in [-0.05, 0) is 60.7 Å². The minimum absolute atomic E-state index is 0.680. The van der Waals surface area contributed by atoms with E-state index in [9.17, 15) is 0 Å². The van der Waals surface area contributed by atoms with Crippen molar-refractivity contribution < 1.29 is 0 Å². The summed E-state index contributed by atoms with van der Waals surface area (Å²) in [5.74, 6) is 0. The van der Waals surface area contributed by atoms with Crippen LogP contribution in [0.15, 0.2) is 0 Å². The van der Waals surface area contributed by atoms with Crippen LogP contribution in [0.4, 0.5) is 0 Å². The largest absolute Gasteiger partial charge is 0.304 e. The lowest BCUT2D eigenvalue weighted by Gasteiger charge is -2.27. The van der Waals surface area contributed by atoms with Gasteiger partial charge in [0, 0.05) is 18.1 Å². The summed E-state index contributed by atoms with van der Waals surface area (Å²) < 4.78 is 0. The molecule has 0 aromatic carbocycles. The predicted octanol–water partition coefficient (Wildman–Crippen LogP) is 2.20. The maximum Gasteiger partial charge on any atom is 0.0108 e. The van der Waals surface area contributed by atoms with Crippen LogP contribution in [0.2, 0.25) is 0 Å². The molecule has 1 heterocycles. The molecule has 0 radical (unpaired) electrons. The molecule has 0 saturated carbocycles. The Balaban J connectivity index is 2.25. The Morgan fingerprint density at radius 2 is 2.00 bits per heavy atom. The zero-order valence-electron chi connectivity index (χ0n) is 10.5. The highest BCUT2D eigenvalue weighted by atomic mass is 15.2. The molecule has 0 bridgehead atoms. The average molecular weight is 198 g/mol. The lowest BCUT2D eigenvalue weighted by atomic mass is 10.1. The van der Waals surface area contributed by atoms with Crippen LogP contribution >= 0.6 is 0 Å². The fraction of sp³-hybridized carbons (Fsp3) is 1.00. The van der Waals surface area contributed by atoms with E-state index in [0.717, 1.165) is 12.1 Å². The van der Waals surface area contributed by atoms with E-state index in [-0.39, 0.29) is 0 Å². The third-order valence-corrected chi connectivity index (χ3v) is 3.89. The Hall–Kier alpha value is -0.0800.